The van der Waals surface area contributed by atoms with Gasteiger partial charge in [-0.25, -0.2) is 17.7 Å². The molecule has 4 rings (SSSR count). The van der Waals surface area contributed by atoms with E-state index in [4.69, 9.17) is 0 Å². The Labute approximate surface area is 164 Å². The van der Waals surface area contributed by atoms with Crippen LogP contribution in [-0.2, 0) is 10.0 Å². The minimum Gasteiger partial charge on any atom is -0.364 e. The Morgan fingerprint density at radius 2 is 1.96 bits per heavy atom. The van der Waals surface area contributed by atoms with Crippen LogP contribution in [0.1, 0.15) is 40.4 Å². The maximum Gasteiger partial charge on any atom is 0.268 e. The van der Waals surface area contributed by atoms with Crippen molar-refractivity contribution < 1.29 is 13.2 Å². The summed E-state index contributed by atoms with van der Waals surface area (Å²) in [6.45, 7) is 2.87. The zero-order chi connectivity index (χ0) is 19.9. The number of hydrogen-bond acceptors (Lipinski definition) is 5. The summed E-state index contributed by atoms with van der Waals surface area (Å²) in [5.41, 5.74) is 4.08. The molecule has 0 radical (unpaired) electrons. The Hall–Kier alpha value is -2.87. The van der Waals surface area contributed by atoms with E-state index in [1.54, 1.807) is 4.52 Å². The Bertz CT molecular complexity index is 1140. The number of anilines is 1. The highest BCUT2D eigenvalue weighted by Crippen LogP contribution is 2.38. The fourth-order valence-corrected chi connectivity index (χ4v) is 4.46. The molecule has 3 aromatic rings. The first kappa shape index (κ1) is 18.5. The molecule has 1 saturated heterocycles. The van der Waals surface area contributed by atoms with E-state index in [-0.39, 0.29) is 11.6 Å². The molecule has 8 heteroatoms. The summed E-state index contributed by atoms with van der Waals surface area (Å²) in [6.07, 6.45) is 6.34. The highest BCUT2D eigenvalue weighted by atomic mass is 32.2. The van der Waals surface area contributed by atoms with Crippen molar-refractivity contribution in [2.75, 3.05) is 17.7 Å². The van der Waals surface area contributed by atoms with E-state index < -0.39 is 15.9 Å². The van der Waals surface area contributed by atoms with Gasteiger partial charge in [0.05, 0.1) is 29.6 Å². The second-order valence-corrected chi connectivity index (χ2v) is 8.89. The van der Waals surface area contributed by atoms with E-state index in [1.807, 2.05) is 42.1 Å². The molecule has 0 bridgehead atoms. The summed E-state index contributed by atoms with van der Waals surface area (Å²) >= 11 is 0. The van der Waals surface area contributed by atoms with Crippen LogP contribution in [0.5, 0.6) is 0 Å². The second-order valence-electron chi connectivity index (χ2n) is 7.14. The number of carbonyl (C=O) groups is 1. The molecule has 28 heavy (non-hydrogen) atoms. The Balaban J connectivity index is 1.77. The van der Waals surface area contributed by atoms with E-state index in [1.165, 1.54) is 11.8 Å². The van der Waals surface area contributed by atoms with Gasteiger partial charge >= 0.3 is 0 Å². The molecular formula is C20H22N4O3S. The molecule has 0 aliphatic carbocycles. The number of fused-ring (bicyclic) bond motifs is 1. The van der Waals surface area contributed by atoms with Crippen molar-refractivity contribution in [1.29, 1.82) is 0 Å². The van der Waals surface area contributed by atoms with E-state index in [0.29, 0.717) is 5.52 Å². The Kier molecular flexibility index (Phi) is 4.58. The summed E-state index contributed by atoms with van der Waals surface area (Å²) in [7, 11) is -3.65. The minimum absolute atomic E-state index is 0.250. The van der Waals surface area contributed by atoms with Gasteiger partial charge < -0.3 is 4.90 Å². The van der Waals surface area contributed by atoms with Crippen molar-refractivity contribution in [1.82, 2.24) is 14.3 Å². The maximum atomic E-state index is 12.4. The summed E-state index contributed by atoms with van der Waals surface area (Å²) < 4.78 is 26.6. The number of pyridine rings is 1. The summed E-state index contributed by atoms with van der Waals surface area (Å²) in [5.74, 6) is -0.668. The van der Waals surface area contributed by atoms with Gasteiger partial charge in [0.25, 0.3) is 5.91 Å². The van der Waals surface area contributed by atoms with Crippen molar-refractivity contribution in [3.8, 4) is 0 Å². The number of sulfonamides is 1. The molecule has 1 amide bonds. The summed E-state index contributed by atoms with van der Waals surface area (Å²) in [4.78, 5) is 14.8. The van der Waals surface area contributed by atoms with Crippen molar-refractivity contribution in [2.45, 2.75) is 25.8 Å². The first-order valence-corrected chi connectivity index (χ1v) is 11.0. The standard InChI is InChI=1S/C20H22N4O3S/c1-14-17(23-11-6-9-18(23)15-7-4-3-5-8-15)10-12-24-19(14)16(13-21-24)20(25)22-28(2,26)27/h3-5,7-8,10,12-13,18H,6,9,11H2,1-2H3,(H,22,25)/t18-/m1/s1. The zero-order valence-electron chi connectivity index (χ0n) is 15.8. The number of amides is 1. The van der Waals surface area contributed by atoms with Gasteiger partial charge in [0.2, 0.25) is 10.0 Å². The first-order chi connectivity index (χ1) is 13.3. The third kappa shape index (κ3) is 3.35. The van der Waals surface area contributed by atoms with E-state index >= 15 is 0 Å². The zero-order valence-corrected chi connectivity index (χ0v) is 16.6. The third-order valence-corrected chi connectivity index (χ3v) is 5.73. The number of carbonyl (C=O) groups excluding carboxylic acids is 1. The third-order valence-electron chi connectivity index (χ3n) is 5.18. The average molecular weight is 398 g/mol. The van der Waals surface area contributed by atoms with Gasteiger partial charge in [-0.3, -0.25) is 4.79 Å². The topological polar surface area (TPSA) is 83.8 Å². The number of hydrogen-bond donors (Lipinski definition) is 1. The predicted molar refractivity (Wildman–Crippen MR) is 108 cm³/mol. The number of aryl methyl sites for hydroxylation is 1. The average Bonchev–Trinajstić information content (AvgIpc) is 3.29. The Morgan fingerprint density at radius 3 is 2.68 bits per heavy atom. The smallest absolute Gasteiger partial charge is 0.268 e. The van der Waals surface area contributed by atoms with Crippen molar-refractivity contribution in [3.05, 3.63) is 65.5 Å². The summed E-state index contributed by atoms with van der Waals surface area (Å²) in [6, 6.07) is 12.7. The van der Waals surface area contributed by atoms with Gasteiger partial charge in [0.15, 0.2) is 0 Å². The van der Waals surface area contributed by atoms with Crippen LogP contribution in [0.3, 0.4) is 0 Å². The molecule has 1 N–H and O–H groups in total. The predicted octanol–water partition coefficient (Wildman–Crippen LogP) is 2.67. The van der Waals surface area contributed by atoms with Crippen LogP contribution in [0.25, 0.3) is 5.52 Å². The van der Waals surface area contributed by atoms with Gasteiger partial charge in [-0.15, -0.1) is 0 Å². The van der Waals surface area contributed by atoms with Crippen LogP contribution in [0.2, 0.25) is 0 Å². The highest BCUT2D eigenvalue weighted by Gasteiger charge is 2.28. The van der Waals surface area contributed by atoms with Gasteiger partial charge in [-0.2, -0.15) is 5.10 Å². The molecular weight excluding hydrogens is 376 g/mol. The quantitative estimate of drug-likeness (QED) is 0.730. The first-order valence-electron chi connectivity index (χ1n) is 9.16. The number of benzene rings is 1. The highest BCUT2D eigenvalue weighted by molar-refractivity contribution is 7.89. The van der Waals surface area contributed by atoms with Crippen LogP contribution in [0.15, 0.2) is 48.8 Å². The van der Waals surface area contributed by atoms with Crippen molar-refractivity contribution in [2.24, 2.45) is 0 Å². The maximum absolute atomic E-state index is 12.4. The van der Waals surface area contributed by atoms with Crippen molar-refractivity contribution in [3.63, 3.8) is 0 Å². The lowest BCUT2D eigenvalue weighted by Gasteiger charge is -2.29. The molecule has 0 unspecified atom stereocenters. The van der Waals surface area contributed by atoms with Gasteiger partial charge in [-0.05, 0) is 37.0 Å². The second kappa shape index (κ2) is 6.94. The van der Waals surface area contributed by atoms with Gasteiger partial charge in [0, 0.05) is 18.4 Å². The number of rotatable bonds is 4. The van der Waals surface area contributed by atoms with Crippen LogP contribution in [-0.4, -0.2) is 36.7 Å². The lowest BCUT2D eigenvalue weighted by atomic mass is 10.0. The lowest BCUT2D eigenvalue weighted by Crippen LogP contribution is -2.29. The largest absolute Gasteiger partial charge is 0.364 e. The molecule has 1 atom stereocenters. The molecule has 7 nitrogen and oxygen atoms in total. The van der Waals surface area contributed by atoms with Crippen LogP contribution < -0.4 is 9.62 Å². The van der Waals surface area contributed by atoms with Crippen LogP contribution in [0, 0.1) is 6.92 Å². The van der Waals surface area contributed by atoms with E-state index in [0.717, 1.165) is 36.9 Å². The fraction of sp³-hybridized carbons (Fsp3) is 0.300. The molecule has 0 spiro atoms. The molecule has 3 heterocycles. The van der Waals surface area contributed by atoms with Crippen LogP contribution in [0.4, 0.5) is 5.69 Å². The molecule has 1 aliphatic rings. The monoisotopic (exact) mass is 398 g/mol. The number of aromatic nitrogens is 2. The van der Waals surface area contributed by atoms with E-state index in [2.05, 4.69) is 22.1 Å². The van der Waals surface area contributed by atoms with Crippen molar-refractivity contribution >= 4 is 27.1 Å². The normalized spacial score (nSPS) is 17.2. The molecule has 1 aromatic carbocycles. The molecule has 1 fully saturated rings. The molecule has 146 valence electrons. The molecule has 0 saturated carbocycles. The minimum atomic E-state index is -3.65. The summed E-state index contributed by atoms with van der Waals surface area (Å²) in [5, 5.41) is 4.22. The SMILES string of the molecule is Cc1c(N2CCC[C@@H]2c2ccccc2)ccn2ncc(C(=O)NS(C)(=O)=O)c12. The molecule has 2 aromatic heterocycles. The Morgan fingerprint density at radius 1 is 1.21 bits per heavy atom. The molecule has 1 aliphatic heterocycles. The lowest BCUT2D eigenvalue weighted by molar-refractivity contribution is 0.0983. The van der Waals surface area contributed by atoms with Gasteiger partial charge in [0.1, 0.15) is 0 Å². The number of nitrogens with one attached hydrogen (secondary N) is 1. The van der Waals surface area contributed by atoms with Gasteiger partial charge in [-0.1, -0.05) is 30.3 Å². The number of nitrogens with zero attached hydrogens (tertiary/aromatic N) is 3. The van der Waals surface area contributed by atoms with Crippen LogP contribution >= 0.6 is 0 Å². The van der Waals surface area contributed by atoms with E-state index in [9.17, 15) is 13.2 Å². The fourth-order valence-electron chi connectivity index (χ4n) is 4.01.